The van der Waals surface area contributed by atoms with Gasteiger partial charge in [0.2, 0.25) is 12.7 Å². The second-order valence-electron chi connectivity index (χ2n) is 9.68. The van der Waals surface area contributed by atoms with Crippen LogP contribution in [0.25, 0.3) is 0 Å². The van der Waals surface area contributed by atoms with Gasteiger partial charge < -0.3 is 20.1 Å². The monoisotopic (exact) mass is 451 g/mol. The van der Waals surface area contributed by atoms with Gasteiger partial charge in [-0.3, -0.25) is 14.5 Å². The summed E-state index contributed by atoms with van der Waals surface area (Å²) in [5, 5.41) is 5.59. The normalized spacial score (nSPS) is 20.6. The molecule has 2 heterocycles. The smallest absolute Gasteiger partial charge is 0.325 e. The summed E-state index contributed by atoms with van der Waals surface area (Å²) >= 11 is 0. The van der Waals surface area contributed by atoms with E-state index in [9.17, 15) is 14.4 Å². The molecule has 2 aromatic carbocycles. The van der Waals surface area contributed by atoms with Gasteiger partial charge in [-0.05, 0) is 48.1 Å². The van der Waals surface area contributed by atoms with E-state index in [2.05, 4.69) is 31.4 Å². The molecule has 0 bridgehead atoms. The third-order valence-corrected chi connectivity index (χ3v) is 6.18. The van der Waals surface area contributed by atoms with Crippen LogP contribution in [0.3, 0.4) is 0 Å². The number of imide groups is 1. The second-order valence-corrected chi connectivity index (χ2v) is 9.68. The molecule has 174 valence electrons. The van der Waals surface area contributed by atoms with Crippen molar-refractivity contribution in [1.82, 2.24) is 15.5 Å². The molecule has 0 aliphatic carbocycles. The van der Waals surface area contributed by atoms with Gasteiger partial charge >= 0.3 is 6.03 Å². The maximum Gasteiger partial charge on any atom is 0.325 e. The lowest BCUT2D eigenvalue weighted by Gasteiger charge is -2.24. The SMILES string of the molecule is CC(NC(=O)CN1C(=O)NC(C)(c2ccc(C(C)(C)C)cc2)C1=O)c1ccc2c(c1)OCO2. The standard InChI is InChI=1S/C25H29N3O5/c1-15(16-6-11-19-20(12-16)33-14-32-19)26-21(29)13-28-22(30)25(5,27-23(28)31)18-9-7-17(8-10-18)24(2,3)4/h6-12,15H,13-14H2,1-5H3,(H,26,29)(H,27,31). The van der Waals surface area contributed by atoms with Crippen LogP contribution in [0, 0.1) is 0 Å². The summed E-state index contributed by atoms with van der Waals surface area (Å²) in [6.07, 6.45) is 0. The minimum absolute atomic E-state index is 0.0266. The number of carbonyl (C=O) groups excluding carboxylic acids is 3. The number of nitrogens with zero attached hydrogens (tertiary/aromatic N) is 1. The first kappa shape index (κ1) is 22.6. The Labute approximate surface area is 193 Å². The highest BCUT2D eigenvalue weighted by atomic mass is 16.7. The maximum absolute atomic E-state index is 13.2. The van der Waals surface area contributed by atoms with Crippen LogP contribution >= 0.6 is 0 Å². The van der Waals surface area contributed by atoms with Gasteiger partial charge in [-0.2, -0.15) is 0 Å². The van der Waals surface area contributed by atoms with E-state index in [1.807, 2.05) is 37.3 Å². The molecule has 2 aliphatic heterocycles. The first-order valence-electron chi connectivity index (χ1n) is 10.9. The first-order valence-corrected chi connectivity index (χ1v) is 10.9. The molecule has 1 saturated heterocycles. The van der Waals surface area contributed by atoms with Gasteiger partial charge in [0, 0.05) is 0 Å². The van der Waals surface area contributed by atoms with Gasteiger partial charge in [0.15, 0.2) is 11.5 Å². The minimum atomic E-state index is -1.23. The summed E-state index contributed by atoms with van der Waals surface area (Å²) in [6.45, 7) is 9.61. The summed E-state index contributed by atoms with van der Waals surface area (Å²) in [6, 6.07) is 12.1. The van der Waals surface area contributed by atoms with E-state index in [0.717, 1.165) is 16.0 Å². The van der Waals surface area contributed by atoms with Gasteiger partial charge in [0.25, 0.3) is 5.91 Å². The molecule has 0 spiro atoms. The second kappa shape index (κ2) is 8.10. The number of hydrogen-bond acceptors (Lipinski definition) is 5. The van der Waals surface area contributed by atoms with Crippen molar-refractivity contribution in [2.45, 2.75) is 51.6 Å². The quantitative estimate of drug-likeness (QED) is 0.680. The van der Waals surface area contributed by atoms with E-state index in [-0.39, 0.29) is 24.8 Å². The van der Waals surface area contributed by atoms with E-state index in [0.29, 0.717) is 17.1 Å². The molecule has 2 aromatic rings. The molecule has 2 unspecified atom stereocenters. The third-order valence-electron chi connectivity index (χ3n) is 6.18. The number of carbonyl (C=O) groups is 3. The van der Waals surface area contributed by atoms with Crippen molar-refractivity contribution in [1.29, 1.82) is 0 Å². The van der Waals surface area contributed by atoms with Crippen LogP contribution in [-0.2, 0) is 20.5 Å². The average Bonchev–Trinajstić information content (AvgIpc) is 3.31. The van der Waals surface area contributed by atoms with Crippen molar-refractivity contribution in [3.8, 4) is 11.5 Å². The fourth-order valence-electron chi connectivity index (χ4n) is 4.04. The van der Waals surface area contributed by atoms with Crippen LogP contribution in [0.15, 0.2) is 42.5 Å². The highest BCUT2D eigenvalue weighted by Gasteiger charge is 2.49. The Kier molecular flexibility index (Phi) is 5.56. The first-order chi connectivity index (χ1) is 15.5. The summed E-state index contributed by atoms with van der Waals surface area (Å²) in [5.74, 6) is 0.389. The number of fused-ring (bicyclic) bond motifs is 1. The van der Waals surface area contributed by atoms with E-state index in [1.54, 1.807) is 19.1 Å². The Morgan fingerprint density at radius 2 is 1.79 bits per heavy atom. The van der Waals surface area contributed by atoms with Crippen LogP contribution in [0.4, 0.5) is 4.79 Å². The molecule has 4 amide bonds. The van der Waals surface area contributed by atoms with Crippen LogP contribution in [0.1, 0.15) is 57.4 Å². The average molecular weight is 452 g/mol. The van der Waals surface area contributed by atoms with Gasteiger partial charge in [-0.25, -0.2) is 4.79 Å². The minimum Gasteiger partial charge on any atom is -0.454 e. The summed E-state index contributed by atoms with van der Waals surface area (Å²) in [4.78, 5) is 39.4. The number of ether oxygens (including phenoxy) is 2. The van der Waals surface area contributed by atoms with Crippen molar-refractivity contribution in [3.63, 3.8) is 0 Å². The van der Waals surface area contributed by atoms with Crippen LogP contribution in [0.5, 0.6) is 11.5 Å². The molecule has 4 rings (SSSR count). The zero-order valence-electron chi connectivity index (χ0n) is 19.5. The number of benzene rings is 2. The van der Waals surface area contributed by atoms with E-state index < -0.39 is 23.4 Å². The molecular formula is C25H29N3O5. The van der Waals surface area contributed by atoms with Crippen molar-refractivity contribution in [3.05, 3.63) is 59.2 Å². The molecular weight excluding hydrogens is 422 g/mol. The predicted octanol–water partition coefficient (Wildman–Crippen LogP) is 3.36. The lowest BCUT2D eigenvalue weighted by Crippen LogP contribution is -2.43. The summed E-state index contributed by atoms with van der Waals surface area (Å²) < 4.78 is 10.7. The zero-order chi connectivity index (χ0) is 24.0. The Bertz CT molecular complexity index is 1110. The molecule has 1 fully saturated rings. The van der Waals surface area contributed by atoms with Gasteiger partial charge in [-0.15, -0.1) is 0 Å². The van der Waals surface area contributed by atoms with Gasteiger partial charge in [0.05, 0.1) is 6.04 Å². The van der Waals surface area contributed by atoms with E-state index in [1.165, 1.54) is 0 Å². The third kappa shape index (κ3) is 4.25. The number of rotatable bonds is 5. The molecule has 2 atom stereocenters. The van der Waals surface area contributed by atoms with E-state index in [4.69, 9.17) is 9.47 Å². The highest BCUT2D eigenvalue weighted by molar-refractivity contribution is 6.09. The largest absolute Gasteiger partial charge is 0.454 e. The van der Waals surface area contributed by atoms with Gasteiger partial charge in [0.1, 0.15) is 12.1 Å². The highest BCUT2D eigenvalue weighted by Crippen LogP contribution is 2.34. The molecule has 2 aliphatic rings. The predicted molar refractivity (Wildman–Crippen MR) is 122 cm³/mol. The molecule has 8 heteroatoms. The Morgan fingerprint density at radius 1 is 1.12 bits per heavy atom. The zero-order valence-corrected chi connectivity index (χ0v) is 19.5. The van der Waals surface area contributed by atoms with Crippen molar-refractivity contribution >= 4 is 17.8 Å². The van der Waals surface area contributed by atoms with Crippen LogP contribution < -0.4 is 20.1 Å². The van der Waals surface area contributed by atoms with Crippen molar-refractivity contribution in [2.24, 2.45) is 0 Å². The fourth-order valence-corrected chi connectivity index (χ4v) is 4.04. The molecule has 33 heavy (non-hydrogen) atoms. The lowest BCUT2D eigenvalue weighted by molar-refractivity contribution is -0.135. The number of amides is 4. The fraction of sp³-hybridized carbons (Fsp3) is 0.400. The molecule has 8 nitrogen and oxygen atoms in total. The number of hydrogen-bond donors (Lipinski definition) is 2. The Hall–Kier alpha value is -3.55. The van der Waals surface area contributed by atoms with Crippen LogP contribution in [-0.4, -0.2) is 36.1 Å². The topological polar surface area (TPSA) is 97.0 Å². The number of urea groups is 1. The molecule has 0 saturated carbocycles. The number of nitrogens with one attached hydrogen (secondary N) is 2. The lowest BCUT2D eigenvalue weighted by atomic mass is 9.84. The van der Waals surface area contributed by atoms with Crippen LogP contribution in [0.2, 0.25) is 0 Å². The Balaban J connectivity index is 1.43. The molecule has 0 radical (unpaired) electrons. The summed E-state index contributed by atoms with van der Waals surface area (Å²) in [7, 11) is 0. The van der Waals surface area contributed by atoms with E-state index >= 15 is 0 Å². The molecule has 0 aromatic heterocycles. The molecule has 2 N–H and O–H groups in total. The Morgan fingerprint density at radius 3 is 2.45 bits per heavy atom. The van der Waals surface area contributed by atoms with Gasteiger partial charge in [-0.1, -0.05) is 51.1 Å². The van der Waals surface area contributed by atoms with Crippen molar-refractivity contribution < 1.29 is 23.9 Å². The maximum atomic E-state index is 13.2. The summed E-state index contributed by atoms with van der Waals surface area (Å²) in [5.41, 5.74) is 1.37. The van der Waals surface area contributed by atoms with Crippen molar-refractivity contribution in [2.75, 3.05) is 13.3 Å².